The molecule has 5 aliphatic rings. The van der Waals surface area contributed by atoms with Gasteiger partial charge >= 0.3 is 5.97 Å². The molecule has 0 saturated heterocycles. The average molecular weight is 517 g/mol. The molecule has 208 valence electrons. The summed E-state index contributed by atoms with van der Waals surface area (Å²) in [6.45, 7) is 15.2. The van der Waals surface area contributed by atoms with Crippen molar-refractivity contribution in [2.24, 2.45) is 50.7 Å². The highest BCUT2D eigenvalue weighted by Crippen LogP contribution is 2.76. The molecule has 5 aliphatic carbocycles. The normalized spacial score (nSPS) is 55.3. The zero-order chi connectivity index (χ0) is 27.3. The highest BCUT2D eigenvalue weighted by molar-refractivity contribution is 5.77. The van der Waals surface area contributed by atoms with Gasteiger partial charge in [0.1, 0.15) is 0 Å². The first-order chi connectivity index (χ1) is 17.2. The van der Waals surface area contributed by atoms with E-state index >= 15 is 0 Å². The fraction of sp³-hybridized carbons (Fsp3) is 0.839. The summed E-state index contributed by atoms with van der Waals surface area (Å²) in [6, 6.07) is 0. The number of aliphatic hydroxyl groups is 3. The van der Waals surface area contributed by atoms with Gasteiger partial charge in [-0.15, -0.1) is 0 Å². The van der Waals surface area contributed by atoms with Crippen LogP contribution in [0, 0.1) is 50.7 Å². The maximum atomic E-state index is 12.9. The molecule has 37 heavy (non-hydrogen) atoms. The molecule has 4 fully saturated rings. The second-order valence-electron chi connectivity index (χ2n) is 14.4. The number of carbonyl (C=O) groups is 1. The molecular formula is C31H48O6. The van der Waals surface area contributed by atoms with Crippen LogP contribution < -0.4 is 0 Å². The largest absolute Gasteiger partial charge is 0.481 e. The Labute approximate surface area is 222 Å². The highest BCUT2D eigenvalue weighted by atomic mass is 16.5. The van der Waals surface area contributed by atoms with Gasteiger partial charge in [0.2, 0.25) is 0 Å². The van der Waals surface area contributed by atoms with Crippen molar-refractivity contribution in [2.75, 3.05) is 13.7 Å². The Hall–Kier alpha value is -1.21. The second-order valence-corrected chi connectivity index (χ2v) is 14.4. The Bertz CT molecular complexity index is 1020. The van der Waals surface area contributed by atoms with Crippen molar-refractivity contribution < 1.29 is 30.0 Å². The molecule has 0 heterocycles. The Morgan fingerprint density at radius 2 is 1.81 bits per heavy atom. The van der Waals surface area contributed by atoms with Gasteiger partial charge in [0.15, 0.2) is 0 Å². The molecule has 0 radical (unpaired) electrons. The third-order valence-corrected chi connectivity index (χ3v) is 13.3. The van der Waals surface area contributed by atoms with Crippen LogP contribution in [0.3, 0.4) is 0 Å². The lowest BCUT2D eigenvalue weighted by molar-refractivity contribution is -0.259. The minimum atomic E-state index is -0.967. The number of rotatable bonds is 3. The lowest BCUT2D eigenvalue weighted by Gasteiger charge is -2.72. The molecule has 4 saturated carbocycles. The topological polar surface area (TPSA) is 107 Å². The van der Waals surface area contributed by atoms with Crippen molar-refractivity contribution in [3.63, 3.8) is 0 Å². The van der Waals surface area contributed by atoms with Crippen LogP contribution in [0.15, 0.2) is 23.8 Å². The quantitative estimate of drug-likeness (QED) is 0.409. The molecular weight excluding hydrogens is 468 g/mol. The number of aliphatic hydroxyl groups excluding tert-OH is 3. The molecule has 0 unspecified atom stereocenters. The van der Waals surface area contributed by atoms with Crippen molar-refractivity contribution in [1.29, 1.82) is 0 Å². The zero-order valence-electron chi connectivity index (χ0n) is 23.6. The number of carboxylic acids is 1. The van der Waals surface area contributed by atoms with E-state index in [0.29, 0.717) is 19.3 Å². The fourth-order valence-corrected chi connectivity index (χ4v) is 11.0. The van der Waals surface area contributed by atoms with Gasteiger partial charge in [0, 0.05) is 24.4 Å². The molecule has 4 N–H and O–H groups in total. The number of fused-ring (bicyclic) bond motifs is 7. The molecule has 0 bridgehead atoms. The highest BCUT2D eigenvalue weighted by Gasteiger charge is 2.72. The van der Waals surface area contributed by atoms with E-state index in [-0.39, 0.29) is 52.6 Å². The number of aliphatic carboxylic acids is 1. The number of carboxylic acid groups (broad SMARTS) is 1. The van der Waals surface area contributed by atoms with Crippen LogP contribution in [0.5, 0.6) is 0 Å². The summed E-state index contributed by atoms with van der Waals surface area (Å²) in [6.07, 6.45) is 5.25. The summed E-state index contributed by atoms with van der Waals surface area (Å²) in [5.74, 6) is -0.602. The average Bonchev–Trinajstić information content (AvgIpc) is 2.84. The van der Waals surface area contributed by atoms with E-state index in [9.17, 15) is 25.2 Å². The van der Waals surface area contributed by atoms with E-state index in [2.05, 4.69) is 40.3 Å². The lowest BCUT2D eigenvalue weighted by atomic mass is 9.32. The minimum absolute atomic E-state index is 0.0350. The van der Waals surface area contributed by atoms with Crippen LogP contribution >= 0.6 is 0 Å². The van der Waals surface area contributed by atoms with Crippen LogP contribution in [0.4, 0.5) is 0 Å². The molecule has 6 heteroatoms. The molecule has 0 aromatic heterocycles. The number of hydrogen-bond donors (Lipinski definition) is 4. The van der Waals surface area contributed by atoms with E-state index in [4.69, 9.17) is 4.74 Å². The molecule has 0 aromatic carbocycles. The van der Waals surface area contributed by atoms with Crippen LogP contribution in [-0.4, -0.2) is 58.4 Å². The molecule has 0 aromatic rings. The van der Waals surface area contributed by atoms with Crippen LogP contribution in [0.2, 0.25) is 0 Å². The van der Waals surface area contributed by atoms with Crippen molar-refractivity contribution in [2.45, 2.75) is 97.9 Å². The molecule has 12 atom stereocenters. The summed E-state index contributed by atoms with van der Waals surface area (Å²) in [5, 5.41) is 43.2. The van der Waals surface area contributed by atoms with Crippen LogP contribution in [0.25, 0.3) is 0 Å². The Morgan fingerprint density at radius 3 is 2.41 bits per heavy atom. The van der Waals surface area contributed by atoms with Gasteiger partial charge in [-0.05, 0) is 73.0 Å². The van der Waals surface area contributed by atoms with Gasteiger partial charge in [0.05, 0.1) is 30.3 Å². The first-order valence-corrected chi connectivity index (χ1v) is 14.3. The summed E-state index contributed by atoms with van der Waals surface area (Å²) >= 11 is 0. The fourth-order valence-electron chi connectivity index (χ4n) is 11.0. The first kappa shape index (κ1) is 27.4. The number of ether oxygens (including phenoxy) is 1. The summed E-state index contributed by atoms with van der Waals surface area (Å²) in [7, 11) is 1.74. The van der Waals surface area contributed by atoms with Crippen molar-refractivity contribution >= 4 is 5.97 Å². The molecule has 0 amide bonds. The van der Waals surface area contributed by atoms with Crippen molar-refractivity contribution in [1.82, 2.24) is 0 Å². The standard InChI is InChI=1S/C31H48O6/c1-17-8-11-31(26(35)36)13-12-29(5)19(23(31)18(17)2)14-21(37-7)24-27(3)15-20(33)25(34)28(4,16-32)22(27)9-10-30(24,29)6/h14,18,20-25,32-34H,1,8-13,15-16H2,2-7H3,(H,35,36)/t18-,20+,21+,22+,23-,24+,25-,27-,28-,29+,30+,31-/m0/s1. The van der Waals surface area contributed by atoms with Gasteiger partial charge < -0.3 is 25.2 Å². The predicted octanol–water partition coefficient (Wildman–Crippen LogP) is 4.58. The third-order valence-electron chi connectivity index (χ3n) is 13.3. The molecule has 5 rings (SSSR count). The molecule has 0 spiro atoms. The Balaban J connectivity index is 1.70. The second kappa shape index (κ2) is 8.39. The van der Waals surface area contributed by atoms with E-state index in [1.807, 2.05) is 6.92 Å². The smallest absolute Gasteiger partial charge is 0.310 e. The van der Waals surface area contributed by atoms with Crippen molar-refractivity contribution in [3.8, 4) is 0 Å². The first-order valence-electron chi connectivity index (χ1n) is 14.3. The molecule has 0 aliphatic heterocycles. The van der Waals surface area contributed by atoms with E-state index < -0.39 is 29.0 Å². The SMILES string of the molecule is C=C1CC[C@]2(C(=O)O)CC[C@]3(C)C(=C[C@@H](OC)[C@@H]4[C@@]5(C)C[C@@H](O)[C@H](O)[C@@](C)(CO)[C@@H]5CC[C@]43C)[C@@H]2[C@H]1C. The maximum absolute atomic E-state index is 12.9. The zero-order valence-corrected chi connectivity index (χ0v) is 23.6. The molecule has 6 nitrogen and oxygen atoms in total. The van der Waals surface area contributed by atoms with E-state index in [1.165, 1.54) is 5.57 Å². The van der Waals surface area contributed by atoms with E-state index in [0.717, 1.165) is 31.3 Å². The van der Waals surface area contributed by atoms with Gasteiger partial charge in [-0.3, -0.25) is 4.79 Å². The summed E-state index contributed by atoms with van der Waals surface area (Å²) in [4.78, 5) is 12.9. The monoisotopic (exact) mass is 516 g/mol. The van der Waals surface area contributed by atoms with Gasteiger partial charge in [-0.1, -0.05) is 58.4 Å². The van der Waals surface area contributed by atoms with Gasteiger partial charge in [-0.2, -0.15) is 0 Å². The number of hydrogen-bond acceptors (Lipinski definition) is 5. The Morgan fingerprint density at radius 1 is 1.14 bits per heavy atom. The van der Waals surface area contributed by atoms with Crippen LogP contribution in [-0.2, 0) is 9.53 Å². The lowest BCUT2D eigenvalue weighted by Crippen LogP contribution is -2.70. The summed E-state index contributed by atoms with van der Waals surface area (Å²) in [5.41, 5.74) is 0.0534. The van der Waals surface area contributed by atoms with Gasteiger partial charge in [0.25, 0.3) is 0 Å². The van der Waals surface area contributed by atoms with E-state index in [1.54, 1.807) is 7.11 Å². The number of allylic oxidation sites excluding steroid dienone is 2. The summed E-state index contributed by atoms with van der Waals surface area (Å²) < 4.78 is 6.28. The number of methoxy groups -OCH3 is 1. The van der Waals surface area contributed by atoms with Crippen LogP contribution in [0.1, 0.15) is 79.6 Å². The maximum Gasteiger partial charge on any atom is 0.310 e. The predicted molar refractivity (Wildman–Crippen MR) is 142 cm³/mol. The van der Waals surface area contributed by atoms with Gasteiger partial charge in [-0.25, -0.2) is 0 Å². The third kappa shape index (κ3) is 3.16. The minimum Gasteiger partial charge on any atom is -0.481 e. The van der Waals surface area contributed by atoms with Crippen molar-refractivity contribution in [3.05, 3.63) is 23.8 Å². The Kier molecular flexibility index (Phi) is 6.21.